The zero-order chi connectivity index (χ0) is 25.8. The summed E-state index contributed by atoms with van der Waals surface area (Å²) in [5.41, 5.74) is 5.93. The SMILES string of the molecule is CCC(C)C(NC(=O)C(N)CO)C(=O)NC(CCC(=O)O)C(=O)NC(Cc1cnc[nH]1)C(=O)O. The molecule has 34 heavy (non-hydrogen) atoms. The third-order valence-corrected chi connectivity index (χ3v) is 5.20. The first-order valence-corrected chi connectivity index (χ1v) is 10.7. The van der Waals surface area contributed by atoms with Gasteiger partial charge in [0.25, 0.3) is 0 Å². The molecule has 0 radical (unpaired) electrons. The van der Waals surface area contributed by atoms with Gasteiger partial charge in [0.15, 0.2) is 0 Å². The highest BCUT2D eigenvalue weighted by atomic mass is 16.4. The van der Waals surface area contributed by atoms with Gasteiger partial charge in [-0.25, -0.2) is 9.78 Å². The highest BCUT2D eigenvalue weighted by Crippen LogP contribution is 2.10. The number of aliphatic hydroxyl groups excluding tert-OH is 1. The molecule has 0 aromatic carbocycles. The van der Waals surface area contributed by atoms with E-state index in [1.54, 1.807) is 13.8 Å². The quantitative estimate of drug-likeness (QED) is 0.133. The van der Waals surface area contributed by atoms with E-state index in [9.17, 15) is 29.1 Å². The summed E-state index contributed by atoms with van der Waals surface area (Å²) in [7, 11) is 0. The van der Waals surface area contributed by atoms with E-state index in [0.29, 0.717) is 12.1 Å². The summed E-state index contributed by atoms with van der Waals surface area (Å²) >= 11 is 0. The molecule has 0 saturated heterocycles. The molecule has 190 valence electrons. The van der Waals surface area contributed by atoms with Crippen molar-refractivity contribution < 1.29 is 39.3 Å². The number of hydrogen-bond donors (Lipinski definition) is 8. The minimum atomic E-state index is -1.39. The Balaban J connectivity index is 3.02. The van der Waals surface area contributed by atoms with Crippen LogP contribution in [0.1, 0.15) is 38.8 Å². The molecule has 0 fully saturated rings. The first-order chi connectivity index (χ1) is 16.0. The van der Waals surface area contributed by atoms with Crippen LogP contribution in [0.25, 0.3) is 0 Å². The average molecular weight is 485 g/mol. The summed E-state index contributed by atoms with van der Waals surface area (Å²) in [4.78, 5) is 67.0. The van der Waals surface area contributed by atoms with Gasteiger partial charge in [0, 0.05) is 24.7 Å². The van der Waals surface area contributed by atoms with E-state index in [2.05, 4.69) is 25.9 Å². The number of carbonyl (C=O) groups is 5. The predicted molar refractivity (Wildman–Crippen MR) is 117 cm³/mol. The molecule has 1 heterocycles. The molecule has 0 bridgehead atoms. The number of imidazole rings is 1. The van der Waals surface area contributed by atoms with E-state index in [-0.39, 0.29) is 12.8 Å². The number of nitrogens with two attached hydrogens (primary N) is 1. The Hall–Kier alpha value is -3.52. The van der Waals surface area contributed by atoms with Crippen molar-refractivity contribution in [2.45, 2.75) is 63.7 Å². The average Bonchev–Trinajstić information content (AvgIpc) is 3.31. The number of aromatic nitrogens is 2. The number of rotatable bonds is 15. The molecule has 1 aromatic rings. The van der Waals surface area contributed by atoms with Gasteiger partial charge in [0.1, 0.15) is 24.2 Å². The highest BCUT2D eigenvalue weighted by molar-refractivity contribution is 5.94. The molecule has 0 spiro atoms. The largest absolute Gasteiger partial charge is 0.481 e. The van der Waals surface area contributed by atoms with E-state index >= 15 is 0 Å². The molecule has 1 aromatic heterocycles. The molecule has 5 unspecified atom stereocenters. The Morgan fingerprint density at radius 2 is 1.71 bits per heavy atom. The van der Waals surface area contributed by atoms with Crippen molar-refractivity contribution in [2.24, 2.45) is 11.7 Å². The number of carboxylic acid groups (broad SMARTS) is 2. The third kappa shape index (κ3) is 9.15. The first kappa shape index (κ1) is 28.5. The van der Waals surface area contributed by atoms with Crippen LogP contribution in [0.15, 0.2) is 12.5 Å². The summed E-state index contributed by atoms with van der Waals surface area (Å²) in [6.45, 7) is 2.80. The minimum Gasteiger partial charge on any atom is -0.481 e. The highest BCUT2D eigenvalue weighted by Gasteiger charge is 2.32. The Morgan fingerprint density at radius 1 is 1.06 bits per heavy atom. The van der Waals surface area contributed by atoms with Crippen LogP contribution in [-0.4, -0.2) is 85.7 Å². The van der Waals surface area contributed by atoms with E-state index in [1.165, 1.54) is 12.5 Å². The number of hydrogen-bond acceptors (Lipinski definition) is 8. The molecular formula is C20H32N6O8. The number of nitrogens with zero attached hydrogens (tertiary/aromatic N) is 1. The van der Waals surface area contributed by atoms with Crippen molar-refractivity contribution in [1.82, 2.24) is 25.9 Å². The van der Waals surface area contributed by atoms with Crippen molar-refractivity contribution in [3.05, 3.63) is 18.2 Å². The van der Waals surface area contributed by atoms with Crippen molar-refractivity contribution >= 4 is 29.7 Å². The summed E-state index contributed by atoms with van der Waals surface area (Å²) in [5.74, 6) is -5.42. The number of amides is 3. The van der Waals surface area contributed by atoms with Gasteiger partial charge in [-0.05, 0) is 12.3 Å². The molecule has 0 aliphatic rings. The Labute approximate surface area is 195 Å². The molecule has 0 saturated carbocycles. The predicted octanol–water partition coefficient (Wildman–Crippen LogP) is -2.28. The maximum Gasteiger partial charge on any atom is 0.326 e. The maximum atomic E-state index is 12.9. The second kappa shape index (κ2) is 13.9. The Bertz CT molecular complexity index is 846. The summed E-state index contributed by atoms with van der Waals surface area (Å²) in [6.07, 6.45) is 2.28. The third-order valence-electron chi connectivity index (χ3n) is 5.20. The standard InChI is InChI=1S/C20H32N6O8/c1-3-10(2)16(26-17(30)12(21)8-27)19(32)24-13(4-5-15(28)29)18(31)25-14(20(33)34)6-11-7-22-9-23-11/h7,9-10,12-14,16,27H,3-6,8,21H2,1-2H3,(H,22,23)(H,24,32)(H,25,31)(H,26,30)(H,28,29)(H,33,34). The number of nitrogens with one attached hydrogen (secondary N) is 4. The molecule has 0 aliphatic heterocycles. The van der Waals surface area contributed by atoms with Crippen molar-refractivity contribution in [3.63, 3.8) is 0 Å². The Kier molecular flexibility index (Phi) is 11.7. The van der Waals surface area contributed by atoms with Crippen molar-refractivity contribution in [3.8, 4) is 0 Å². The lowest BCUT2D eigenvalue weighted by Gasteiger charge is -2.27. The number of carbonyl (C=O) groups excluding carboxylic acids is 3. The van der Waals surface area contributed by atoms with Gasteiger partial charge < -0.3 is 42.0 Å². The second-order valence-electron chi connectivity index (χ2n) is 7.83. The minimum absolute atomic E-state index is 0.120. The molecule has 14 heteroatoms. The van der Waals surface area contributed by atoms with Crippen LogP contribution in [0.5, 0.6) is 0 Å². The van der Waals surface area contributed by atoms with Crippen molar-refractivity contribution in [2.75, 3.05) is 6.61 Å². The molecular weight excluding hydrogens is 452 g/mol. The lowest BCUT2D eigenvalue weighted by molar-refractivity contribution is -0.143. The van der Waals surface area contributed by atoms with E-state index < -0.39 is 72.8 Å². The molecule has 5 atom stereocenters. The van der Waals surface area contributed by atoms with Crippen LogP contribution in [0.3, 0.4) is 0 Å². The van der Waals surface area contributed by atoms with Crippen LogP contribution in [0, 0.1) is 5.92 Å². The van der Waals surface area contributed by atoms with Gasteiger partial charge in [0.2, 0.25) is 17.7 Å². The van der Waals surface area contributed by atoms with Gasteiger partial charge in [0.05, 0.1) is 12.9 Å². The van der Waals surface area contributed by atoms with Gasteiger partial charge in [-0.2, -0.15) is 0 Å². The fourth-order valence-corrected chi connectivity index (χ4v) is 2.93. The van der Waals surface area contributed by atoms with Gasteiger partial charge in [-0.1, -0.05) is 20.3 Å². The van der Waals surface area contributed by atoms with Gasteiger partial charge in [-0.15, -0.1) is 0 Å². The van der Waals surface area contributed by atoms with Crippen LogP contribution in [0.2, 0.25) is 0 Å². The van der Waals surface area contributed by atoms with E-state index in [0.717, 1.165) is 0 Å². The maximum absolute atomic E-state index is 12.9. The first-order valence-electron chi connectivity index (χ1n) is 10.7. The number of carboxylic acids is 2. The number of aromatic amines is 1. The fourth-order valence-electron chi connectivity index (χ4n) is 2.93. The smallest absolute Gasteiger partial charge is 0.326 e. The fraction of sp³-hybridized carbons (Fsp3) is 0.600. The second-order valence-corrected chi connectivity index (χ2v) is 7.83. The zero-order valence-electron chi connectivity index (χ0n) is 19.0. The number of aliphatic carboxylic acids is 2. The summed E-state index contributed by atoms with van der Waals surface area (Å²) < 4.78 is 0. The van der Waals surface area contributed by atoms with Crippen LogP contribution in [-0.2, 0) is 30.4 Å². The summed E-state index contributed by atoms with van der Waals surface area (Å²) in [6, 6.07) is -5.15. The molecule has 14 nitrogen and oxygen atoms in total. The van der Waals surface area contributed by atoms with E-state index in [1.807, 2.05) is 0 Å². The van der Waals surface area contributed by atoms with Gasteiger partial charge in [-0.3, -0.25) is 19.2 Å². The lowest BCUT2D eigenvalue weighted by atomic mass is 9.97. The monoisotopic (exact) mass is 484 g/mol. The molecule has 1 rings (SSSR count). The zero-order valence-corrected chi connectivity index (χ0v) is 19.0. The Morgan fingerprint density at radius 3 is 2.21 bits per heavy atom. The topological polar surface area (TPSA) is 237 Å². The number of aliphatic hydroxyl groups is 1. The summed E-state index contributed by atoms with van der Waals surface area (Å²) in [5, 5.41) is 34.7. The number of H-pyrrole nitrogens is 1. The lowest BCUT2D eigenvalue weighted by Crippen LogP contribution is -2.59. The van der Waals surface area contributed by atoms with Crippen LogP contribution in [0.4, 0.5) is 0 Å². The molecule has 0 aliphatic carbocycles. The normalized spacial score (nSPS) is 15.3. The molecule has 3 amide bonds. The van der Waals surface area contributed by atoms with E-state index in [4.69, 9.17) is 15.9 Å². The van der Waals surface area contributed by atoms with Gasteiger partial charge >= 0.3 is 11.9 Å². The molecule has 9 N–H and O–H groups in total. The van der Waals surface area contributed by atoms with Crippen molar-refractivity contribution in [1.29, 1.82) is 0 Å². The van der Waals surface area contributed by atoms with Crippen LogP contribution >= 0.6 is 0 Å². The van der Waals surface area contributed by atoms with Crippen LogP contribution < -0.4 is 21.7 Å².